The second-order valence-corrected chi connectivity index (χ2v) is 19.3. The number of ether oxygens (including phenoxy) is 1. The first-order valence-corrected chi connectivity index (χ1v) is 28.0. The summed E-state index contributed by atoms with van der Waals surface area (Å²) in [4.78, 5) is 24.4. The van der Waals surface area contributed by atoms with Crippen LogP contribution in [0, 0.1) is 0 Å². The highest BCUT2D eigenvalue weighted by Crippen LogP contribution is 2.17. The first-order chi connectivity index (χ1) is 30.5. The first kappa shape index (κ1) is 60.6. The van der Waals surface area contributed by atoms with E-state index in [-0.39, 0.29) is 18.5 Å². The molecule has 0 saturated carbocycles. The van der Waals surface area contributed by atoms with Crippen molar-refractivity contribution >= 4 is 11.9 Å². The number of nitrogens with one attached hydrogen (secondary N) is 1. The van der Waals surface area contributed by atoms with Gasteiger partial charge < -0.3 is 20.3 Å². The quantitative estimate of drug-likeness (QED) is 0.0321. The summed E-state index contributed by atoms with van der Waals surface area (Å²) in [5, 5.41) is 22.9. The second-order valence-electron chi connectivity index (χ2n) is 19.3. The molecule has 0 aromatic carbocycles. The molecule has 6 nitrogen and oxygen atoms in total. The van der Waals surface area contributed by atoms with Gasteiger partial charge in [-0.15, -0.1) is 0 Å². The molecule has 0 aromatic heterocycles. The zero-order chi connectivity index (χ0) is 45.1. The van der Waals surface area contributed by atoms with E-state index in [2.05, 4.69) is 19.2 Å². The van der Waals surface area contributed by atoms with Crippen molar-refractivity contribution in [2.75, 3.05) is 13.2 Å². The molecular weight excluding hydrogens is 767 g/mol. The third kappa shape index (κ3) is 48.1. The minimum absolute atomic E-state index is 0.0156. The summed E-state index contributed by atoms with van der Waals surface area (Å²) < 4.78 is 5.46. The van der Waals surface area contributed by atoms with Gasteiger partial charge in [0.2, 0.25) is 5.91 Å². The highest BCUT2D eigenvalue weighted by atomic mass is 16.5. The molecule has 0 bridgehead atoms. The van der Waals surface area contributed by atoms with E-state index in [4.69, 9.17) is 4.74 Å². The molecular formula is C56H109NO5. The number of rotatable bonds is 52. The van der Waals surface area contributed by atoms with E-state index < -0.39 is 12.1 Å². The Morgan fingerprint density at radius 2 is 0.742 bits per heavy atom. The smallest absolute Gasteiger partial charge is 0.305 e. The average molecular weight is 876 g/mol. The van der Waals surface area contributed by atoms with Crippen LogP contribution in [0.4, 0.5) is 0 Å². The number of carbonyl (C=O) groups is 2. The number of aliphatic hydroxyl groups excluding tert-OH is 2. The molecule has 0 rings (SSSR count). The summed E-state index contributed by atoms with van der Waals surface area (Å²) in [6.45, 7) is 4.88. The largest absolute Gasteiger partial charge is 0.466 e. The molecule has 0 aliphatic rings. The molecule has 1 amide bonds. The van der Waals surface area contributed by atoms with Crippen molar-refractivity contribution in [3.8, 4) is 0 Å². The lowest BCUT2D eigenvalue weighted by Gasteiger charge is -2.20. The number of aliphatic hydroxyl groups is 2. The Bertz CT molecular complexity index is 924. The maximum Gasteiger partial charge on any atom is 0.305 e. The highest BCUT2D eigenvalue weighted by molar-refractivity contribution is 5.76. The van der Waals surface area contributed by atoms with E-state index in [1.807, 2.05) is 6.08 Å². The lowest BCUT2D eigenvalue weighted by molar-refractivity contribution is -0.143. The summed E-state index contributed by atoms with van der Waals surface area (Å²) in [6, 6.07) is -0.623. The zero-order valence-corrected chi connectivity index (χ0v) is 41.9. The molecule has 6 heteroatoms. The van der Waals surface area contributed by atoms with E-state index in [1.165, 1.54) is 244 Å². The molecule has 2 unspecified atom stereocenters. The number of amides is 1. The standard InChI is InChI=1S/C56H109NO5/c1-3-5-7-9-11-13-29-34-38-42-46-50-56(61)62-51-47-43-39-35-31-28-26-24-22-20-18-16-14-15-17-19-21-23-25-27-30-33-37-41-45-49-55(60)57-53(52-58)54(59)48-44-40-36-32-12-10-8-6-4-2/h44,48,53-54,58-59H,3-43,45-47,49-52H2,1-2H3,(H,57,60)/b48-44+. The number of hydrogen-bond donors (Lipinski definition) is 3. The van der Waals surface area contributed by atoms with Gasteiger partial charge in [0.25, 0.3) is 0 Å². The monoisotopic (exact) mass is 876 g/mol. The van der Waals surface area contributed by atoms with Crippen LogP contribution in [-0.4, -0.2) is 47.4 Å². The van der Waals surface area contributed by atoms with Crippen LogP contribution in [0.3, 0.4) is 0 Å². The third-order valence-corrected chi connectivity index (χ3v) is 13.1. The first-order valence-electron chi connectivity index (χ1n) is 28.0. The summed E-state index contributed by atoms with van der Waals surface area (Å²) in [5.41, 5.74) is 0. The summed E-state index contributed by atoms with van der Waals surface area (Å²) >= 11 is 0. The van der Waals surface area contributed by atoms with Gasteiger partial charge in [-0.25, -0.2) is 0 Å². The van der Waals surface area contributed by atoms with E-state index in [1.54, 1.807) is 6.08 Å². The van der Waals surface area contributed by atoms with Gasteiger partial charge in [-0.3, -0.25) is 9.59 Å². The van der Waals surface area contributed by atoms with Gasteiger partial charge in [0.05, 0.1) is 25.4 Å². The fourth-order valence-electron chi connectivity index (χ4n) is 8.75. The Morgan fingerprint density at radius 1 is 0.435 bits per heavy atom. The van der Waals surface area contributed by atoms with E-state index in [0.29, 0.717) is 19.4 Å². The Hall–Kier alpha value is -1.40. The van der Waals surface area contributed by atoms with Gasteiger partial charge in [-0.1, -0.05) is 276 Å². The molecule has 0 saturated heterocycles. The highest BCUT2D eigenvalue weighted by Gasteiger charge is 2.18. The van der Waals surface area contributed by atoms with Crippen LogP contribution in [0.2, 0.25) is 0 Å². The predicted molar refractivity (Wildman–Crippen MR) is 269 cm³/mol. The predicted octanol–water partition coefficient (Wildman–Crippen LogP) is 16.9. The van der Waals surface area contributed by atoms with E-state index in [9.17, 15) is 19.8 Å². The van der Waals surface area contributed by atoms with Crippen molar-refractivity contribution in [2.24, 2.45) is 0 Å². The Labute approximate surface area is 387 Å². The molecule has 62 heavy (non-hydrogen) atoms. The maximum absolute atomic E-state index is 12.4. The van der Waals surface area contributed by atoms with Crippen LogP contribution in [-0.2, 0) is 14.3 Å². The van der Waals surface area contributed by atoms with Gasteiger partial charge in [0.1, 0.15) is 0 Å². The summed E-state index contributed by atoms with van der Waals surface area (Å²) in [7, 11) is 0. The normalized spacial score (nSPS) is 12.6. The third-order valence-electron chi connectivity index (χ3n) is 13.1. The van der Waals surface area contributed by atoms with Crippen molar-refractivity contribution < 1.29 is 24.5 Å². The van der Waals surface area contributed by atoms with Gasteiger partial charge in [-0.05, 0) is 32.1 Å². The van der Waals surface area contributed by atoms with Crippen molar-refractivity contribution in [1.82, 2.24) is 5.32 Å². The van der Waals surface area contributed by atoms with Gasteiger partial charge in [-0.2, -0.15) is 0 Å². The van der Waals surface area contributed by atoms with Crippen LogP contribution in [0.5, 0.6) is 0 Å². The minimum Gasteiger partial charge on any atom is -0.466 e. The van der Waals surface area contributed by atoms with Crippen LogP contribution in [0.15, 0.2) is 12.2 Å². The molecule has 0 aliphatic heterocycles. The van der Waals surface area contributed by atoms with Gasteiger partial charge >= 0.3 is 5.97 Å². The zero-order valence-electron chi connectivity index (χ0n) is 41.9. The van der Waals surface area contributed by atoms with Crippen molar-refractivity contribution in [3.63, 3.8) is 0 Å². The SMILES string of the molecule is CCCCCCCCC/C=C/C(O)C(CO)NC(=O)CCCCCCCCCCCCCCCCCCCCCCCCCCCOC(=O)CCCCCCCCCCCCC. The van der Waals surface area contributed by atoms with Crippen molar-refractivity contribution in [2.45, 2.75) is 321 Å². The minimum atomic E-state index is -0.839. The molecule has 368 valence electrons. The number of unbranched alkanes of at least 4 members (excludes halogenated alkanes) is 41. The fourth-order valence-corrected chi connectivity index (χ4v) is 8.75. The Morgan fingerprint density at radius 3 is 1.10 bits per heavy atom. The number of hydrogen-bond acceptors (Lipinski definition) is 5. The van der Waals surface area contributed by atoms with Crippen LogP contribution < -0.4 is 5.32 Å². The summed E-state index contributed by atoms with van der Waals surface area (Å²) in [5.74, 6) is -0.0525. The maximum atomic E-state index is 12.4. The van der Waals surface area contributed by atoms with Crippen molar-refractivity contribution in [1.29, 1.82) is 0 Å². The lowest BCUT2D eigenvalue weighted by atomic mass is 10.0. The molecule has 0 spiro atoms. The molecule has 0 aliphatic carbocycles. The fraction of sp³-hybridized carbons (Fsp3) is 0.929. The molecule has 0 aromatic rings. The number of allylic oxidation sites excluding steroid dienone is 1. The van der Waals surface area contributed by atoms with Crippen LogP contribution >= 0.6 is 0 Å². The van der Waals surface area contributed by atoms with E-state index >= 15 is 0 Å². The number of esters is 1. The Balaban J connectivity index is 3.34. The topological polar surface area (TPSA) is 95.9 Å². The summed E-state index contributed by atoms with van der Waals surface area (Å²) in [6.07, 6.45) is 61.1. The van der Waals surface area contributed by atoms with Crippen LogP contribution in [0.25, 0.3) is 0 Å². The molecule has 3 N–H and O–H groups in total. The molecule has 0 radical (unpaired) electrons. The number of carbonyl (C=O) groups excluding carboxylic acids is 2. The molecule has 2 atom stereocenters. The molecule has 0 fully saturated rings. The second kappa shape index (κ2) is 52.2. The van der Waals surface area contributed by atoms with E-state index in [0.717, 1.165) is 38.5 Å². The Kier molecular flexibility index (Phi) is 51.0. The molecule has 0 heterocycles. The van der Waals surface area contributed by atoms with Crippen LogP contribution in [0.1, 0.15) is 309 Å². The average Bonchev–Trinajstić information content (AvgIpc) is 3.27. The lowest BCUT2D eigenvalue weighted by Crippen LogP contribution is -2.45. The van der Waals surface area contributed by atoms with Crippen molar-refractivity contribution in [3.05, 3.63) is 12.2 Å². The van der Waals surface area contributed by atoms with Gasteiger partial charge in [0.15, 0.2) is 0 Å². The van der Waals surface area contributed by atoms with Gasteiger partial charge in [0, 0.05) is 12.8 Å².